The molecule has 1 saturated heterocycles. The highest BCUT2D eigenvalue weighted by molar-refractivity contribution is 7.89. The van der Waals surface area contributed by atoms with Gasteiger partial charge in [-0.15, -0.1) is 0 Å². The van der Waals surface area contributed by atoms with Crippen LogP contribution in [-0.4, -0.2) is 65.5 Å². The summed E-state index contributed by atoms with van der Waals surface area (Å²) in [6, 6.07) is 9.57. The Hall–Kier alpha value is -2.10. The zero-order valence-electron chi connectivity index (χ0n) is 19.5. The molecule has 1 aliphatic heterocycles. The lowest BCUT2D eigenvalue weighted by Gasteiger charge is -2.40. The van der Waals surface area contributed by atoms with Crippen LogP contribution in [0.3, 0.4) is 0 Å². The fraction of sp³-hybridized carbons (Fsp3) is 0.625. The van der Waals surface area contributed by atoms with Crippen LogP contribution >= 0.6 is 0 Å². The van der Waals surface area contributed by atoms with E-state index >= 15 is 0 Å². The van der Waals surface area contributed by atoms with Crippen LogP contribution in [0.25, 0.3) is 11.4 Å². The number of Topliss-reactive ketones (excluding diaryl/α,β-unsaturated/α-hetero) is 1. The van der Waals surface area contributed by atoms with Gasteiger partial charge in [-0.1, -0.05) is 49.3 Å². The zero-order valence-corrected chi connectivity index (χ0v) is 20.3. The average Bonchev–Trinajstić information content (AvgIpc) is 3.43. The van der Waals surface area contributed by atoms with Crippen molar-refractivity contribution >= 4 is 15.8 Å². The maximum absolute atomic E-state index is 13.4. The number of ketones is 1. The van der Waals surface area contributed by atoms with Crippen molar-refractivity contribution in [3.8, 4) is 11.4 Å². The van der Waals surface area contributed by atoms with E-state index in [0.717, 1.165) is 12.0 Å². The number of aromatic nitrogens is 2. The summed E-state index contributed by atoms with van der Waals surface area (Å²) in [6.45, 7) is 8.13. The first-order chi connectivity index (χ1) is 15.6. The Morgan fingerprint density at radius 3 is 2.45 bits per heavy atom. The first-order valence-corrected chi connectivity index (χ1v) is 13.4. The molecule has 2 bridgehead atoms. The number of hydrogen-bond donors (Lipinski definition) is 0. The first-order valence-electron chi connectivity index (χ1n) is 11.8. The topological polar surface area (TPSA) is 96.6 Å². The number of fused-ring (bicyclic) bond motifs is 2. The van der Waals surface area contributed by atoms with Crippen molar-refractivity contribution in [2.24, 2.45) is 16.7 Å². The number of benzene rings is 1. The molecule has 2 aromatic rings. The van der Waals surface area contributed by atoms with E-state index < -0.39 is 15.4 Å². The average molecular weight is 473 g/mol. The van der Waals surface area contributed by atoms with E-state index in [2.05, 4.69) is 28.9 Å². The van der Waals surface area contributed by atoms with Crippen molar-refractivity contribution in [1.82, 2.24) is 19.3 Å². The van der Waals surface area contributed by atoms with Gasteiger partial charge in [0.05, 0.1) is 11.8 Å². The number of nitrogens with zero attached hydrogens (tertiary/aromatic N) is 4. The molecule has 33 heavy (non-hydrogen) atoms. The smallest absolute Gasteiger partial charge is 0.244 e. The second kappa shape index (κ2) is 7.99. The second-order valence-corrected chi connectivity index (χ2v) is 12.3. The van der Waals surface area contributed by atoms with Gasteiger partial charge in [-0.05, 0) is 31.1 Å². The van der Waals surface area contributed by atoms with Gasteiger partial charge in [0, 0.05) is 43.6 Å². The quantitative estimate of drug-likeness (QED) is 0.637. The summed E-state index contributed by atoms with van der Waals surface area (Å²) in [6.07, 6.45) is 2.18. The van der Waals surface area contributed by atoms with E-state index in [1.165, 1.54) is 0 Å². The lowest BCUT2D eigenvalue weighted by atomic mass is 9.70. The highest BCUT2D eigenvalue weighted by Crippen LogP contribution is 2.64. The fourth-order valence-corrected chi connectivity index (χ4v) is 8.35. The summed E-state index contributed by atoms with van der Waals surface area (Å²) in [5.41, 5.74) is -0.0750. The molecule has 2 heterocycles. The van der Waals surface area contributed by atoms with Gasteiger partial charge in [-0.3, -0.25) is 9.69 Å². The van der Waals surface area contributed by atoms with Crippen LogP contribution < -0.4 is 0 Å². The molecular formula is C24H32N4O4S. The Balaban J connectivity index is 1.24. The minimum absolute atomic E-state index is 0.0536. The number of carbonyl (C=O) groups is 1. The summed E-state index contributed by atoms with van der Waals surface area (Å²) >= 11 is 0. The molecule has 9 heteroatoms. The van der Waals surface area contributed by atoms with E-state index in [9.17, 15) is 13.2 Å². The Labute approximate surface area is 195 Å². The van der Waals surface area contributed by atoms with Gasteiger partial charge in [-0.25, -0.2) is 8.42 Å². The molecule has 1 aromatic carbocycles. The van der Waals surface area contributed by atoms with E-state index in [0.29, 0.717) is 56.7 Å². The molecule has 3 aliphatic rings. The Kier molecular flexibility index (Phi) is 5.49. The third-order valence-electron chi connectivity index (χ3n) is 8.61. The molecule has 5 rings (SSSR count). The highest BCUT2D eigenvalue weighted by atomic mass is 32.2. The largest absolute Gasteiger partial charge is 0.337 e. The van der Waals surface area contributed by atoms with Crippen LogP contribution in [0, 0.1) is 16.7 Å². The Morgan fingerprint density at radius 2 is 1.85 bits per heavy atom. The van der Waals surface area contributed by atoms with Gasteiger partial charge in [0.25, 0.3) is 0 Å². The number of carbonyl (C=O) groups excluding carboxylic acids is 1. The predicted octanol–water partition coefficient (Wildman–Crippen LogP) is 3.14. The molecule has 3 atom stereocenters. The molecule has 0 N–H and O–H groups in total. The van der Waals surface area contributed by atoms with E-state index in [1.54, 1.807) is 4.31 Å². The highest BCUT2D eigenvalue weighted by Gasteiger charge is 2.65. The molecular weight excluding hydrogens is 440 g/mol. The predicted molar refractivity (Wildman–Crippen MR) is 124 cm³/mol. The Bertz CT molecular complexity index is 1140. The molecule has 178 valence electrons. The SMILES string of the molecule is CC(c1nc(-c2ccccc2)no1)N1CCN(S(=O)(=O)CC23CCC(CC2=O)C3(C)C)CC1. The normalized spacial score (nSPS) is 28.9. The van der Waals surface area contributed by atoms with Crippen LogP contribution in [0.1, 0.15) is 52.0 Å². The van der Waals surface area contributed by atoms with Crippen LogP contribution in [0.2, 0.25) is 0 Å². The third-order valence-corrected chi connectivity index (χ3v) is 10.6. The molecule has 2 saturated carbocycles. The monoisotopic (exact) mass is 472 g/mol. The van der Waals surface area contributed by atoms with Gasteiger partial charge in [0.15, 0.2) is 0 Å². The molecule has 3 fully saturated rings. The van der Waals surface area contributed by atoms with Crippen LogP contribution in [-0.2, 0) is 14.8 Å². The van der Waals surface area contributed by atoms with Crippen LogP contribution in [0.5, 0.6) is 0 Å². The van der Waals surface area contributed by atoms with Crippen molar-refractivity contribution in [3.05, 3.63) is 36.2 Å². The number of sulfonamides is 1. The fourth-order valence-electron chi connectivity index (χ4n) is 6.15. The maximum Gasteiger partial charge on any atom is 0.244 e. The summed E-state index contributed by atoms with van der Waals surface area (Å²) in [5, 5.41) is 4.10. The third kappa shape index (κ3) is 3.65. The molecule has 0 radical (unpaired) electrons. The molecule has 2 aliphatic carbocycles. The van der Waals surface area contributed by atoms with Crippen LogP contribution in [0.4, 0.5) is 0 Å². The van der Waals surface area contributed by atoms with Crippen molar-refractivity contribution < 1.29 is 17.7 Å². The van der Waals surface area contributed by atoms with E-state index in [4.69, 9.17) is 4.52 Å². The lowest BCUT2D eigenvalue weighted by Crippen LogP contribution is -2.53. The van der Waals surface area contributed by atoms with Crippen molar-refractivity contribution in [3.63, 3.8) is 0 Å². The minimum atomic E-state index is -3.53. The van der Waals surface area contributed by atoms with Crippen molar-refractivity contribution in [2.45, 2.75) is 46.1 Å². The van der Waals surface area contributed by atoms with Crippen LogP contribution in [0.15, 0.2) is 34.9 Å². The molecule has 8 nitrogen and oxygen atoms in total. The van der Waals surface area contributed by atoms with E-state index in [-0.39, 0.29) is 23.0 Å². The first kappa shape index (κ1) is 22.7. The van der Waals surface area contributed by atoms with Gasteiger partial charge in [0.2, 0.25) is 21.7 Å². The zero-order chi connectivity index (χ0) is 23.4. The van der Waals surface area contributed by atoms with Gasteiger partial charge in [0.1, 0.15) is 5.78 Å². The minimum Gasteiger partial charge on any atom is -0.337 e. The van der Waals surface area contributed by atoms with Gasteiger partial charge >= 0.3 is 0 Å². The maximum atomic E-state index is 13.4. The molecule has 3 unspecified atom stereocenters. The standard InChI is InChI=1S/C24H32N4O4S/c1-17(22-25-21(26-32-22)18-7-5-4-6-8-18)27-11-13-28(14-12-27)33(30,31)16-24-10-9-19(15-20(24)29)23(24,2)3/h4-8,17,19H,9-16H2,1-3H3. The van der Waals surface area contributed by atoms with Gasteiger partial charge in [-0.2, -0.15) is 9.29 Å². The van der Waals surface area contributed by atoms with Crippen molar-refractivity contribution in [2.75, 3.05) is 31.9 Å². The molecule has 0 amide bonds. The lowest BCUT2D eigenvalue weighted by molar-refractivity contribution is -0.128. The summed E-state index contributed by atoms with van der Waals surface area (Å²) < 4.78 is 33.8. The number of hydrogen-bond acceptors (Lipinski definition) is 7. The van der Waals surface area contributed by atoms with Gasteiger partial charge < -0.3 is 4.52 Å². The summed E-state index contributed by atoms with van der Waals surface area (Å²) in [5.74, 6) is 1.48. The summed E-state index contributed by atoms with van der Waals surface area (Å²) in [4.78, 5) is 19.5. The second-order valence-electron chi connectivity index (χ2n) is 10.4. The Morgan fingerprint density at radius 1 is 1.15 bits per heavy atom. The number of piperazine rings is 1. The molecule has 1 aromatic heterocycles. The summed E-state index contributed by atoms with van der Waals surface area (Å²) in [7, 11) is -3.53. The van der Waals surface area contributed by atoms with E-state index in [1.807, 2.05) is 37.3 Å². The molecule has 0 spiro atoms. The number of rotatable bonds is 6. The van der Waals surface area contributed by atoms with Crippen molar-refractivity contribution in [1.29, 1.82) is 0 Å².